The van der Waals surface area contributed by atoms with Gasteiger partial charge in [0, 0.05) is 12.4 Å². The maximum absolute atomic E-state index is 11.8. The molecule has 1 aromatic heterocycles. The summed E-state index contributed by atoms with van der Waals surface area (Å²) in [6.45, 7) is 5.57. The third-order valence-corrected chi connectivity index (χ3v) is 2.16. The first-order valence-corrected chi connectivity index (χ1v) is 5.26. The van der Waals surface area contributed by atoms with Gasteiger partial charge in [0.15, 0.2) is 0 Å². The molecule has 3 heteroatoms. The molecule has 0 atom stereocenters. The van der Waals surface area contributed by atoms with E-state index in [1.807, 2.05) is 45.0 Å². The van der Waals surface area contributed by atoms with Crippen LogP contribution in [-0.4, -0.2) is 16.3 Å². The fourth-order valence-corrected chi connectivity index (χ4v) is 1.50. The van der Waals surface area contributed by atoms with E-state index in [0.717, 1.165) is 10.8 Å². The normalized spacial score (nSPS) is 11.7. The molecular weight excluding hydrogens is 202 g/mol. The standard InChI is InChI=1S/C13H15NO2/c1-13(2,3)16-12(15)14-8-10-6-4-5-7-11(10)9-14/h4-9H,1-3H3. The van der Waals surface area contributed by atoms with Crippen LogP contribution in [0.3, 0.4) is 0 Å². The third-order valence-electron chi connectivity index (χ3n) is 2.16. The summed E-state index contributed by atoms with van der Waals surface area (Å²) in [4.78, 5) is 11.8. The zero-order valence-corrected chi connectivity index (χ0v) is 9.73. The largest absolute Gasteiger partial charge is 0.443 e. The lowest BCUT2D eigenvalue weighted by atomic mass is 10.2. The molecule has 0 fully saturated rings. The van der Waals surface area contributed by atoms with Gasteiger partial charge in [-0.1, -0.05) is 24.3 Å². The first kappa shape index (κ1) is 10.7. The number of rotatable bonds is 0. The van der Waals surface area contributed by atoms with Gasteiger partial charge < -0.3 is 4.74 Å². The van der Waals surface area contributed by atoms with E-state index in [0.29, 0.717) is 0 Å². The highest BCUT2D eigenvalue weighted by Crippen LogP contribution is 2.16. The van der Waals surface area contributed by atoms with Gasteiger partial charge in [-0.15, -0.1) is 0 Å². The smallest absolute Gasteiger partial charge is 0.418 e. The van der Waals surface area contributed by atoms with Gasteiger partial charge in [-0.05, 0) is 31.5 Å². The zero-order chi connectivity index (χ0) is 11.8. The van der Waals surface area contributed by atoms with E-state index in [2.05, 4.69) is 0 Å². The van der Waals surface area contributed by atoms with E-state index >= 15 is 0 Å². The van der Waals surface area contributed by atoms with Crippen molar-refractivity contribution >= 4 is 16.9 Å². The fraction of sp³-hybridized carbons (Fsp3) is 0.308. The monoisotopic (exact) mass is 217 g/mol. The van der Waals surface area contributed by atoms with E-state index < -0.39 is 5.60 Å². The lowest BCUT2D eigenvalue weighted by Gasteiger charge is -2.19. The van der Waals surface area contributed by atoms with E-state index in [1.54, 1.807) is 12.4 Å². The molecule has 0 aliphatic heterocycles. The SMILES string of the molecule is CC(C)(C)OC(=O)n1cc2ccccc2c1. The second kappa shape index (κ2) is 3.67. The fourth-order valence-electron chi connectivity index (χ4n) is 1.50. The summed E-state index contributed by atoms with van der Waals surface area (Å²) < 4.78 is 6.76. The van der Waals surface area contributed by atoms with Crippen molar-refractivity contribution in [2.75, 3.05) is 0 Å². The molecule has 0 spiro atoms. The Labute approximate surface area is 94.6 Å². The Kier molecular flexibility index (Phi) is 2.46. The van der Waals surface area contributed by atoms with Gasteiger partial charge in [0.1, 0.15) is 5.60 Å². The Morgan fingerprint density at radius 2 is 1.62 bits per heavy atom. The van der Waals surface area contributed by atoms with Crippen molar-refractivity contribution in [2.24, 2.45) is 0 Å². The first-order chi connectivity index (χ1) is 7.46. The summed E-state index contributed by atoms with van der Waals surface area (Å²) in [6.07, 6.45) is 3.22. The molecule has 16 heavy (non-hydrogen) atoms. The van der Waals surface area contributed by atoms with Gasteiger partial charge >= 0.3 is 6.09 Å². The number of hydrogen-bond acceptors (Lipinski definition) is 2. The van der Waals surface area contributed by atoms with Crippen LogP contribution in [0.2, 0.25) is 0 Å². The molecule has 3 nitrogen and oxygen atoms in total. The lowest BCUT2D eigenvalue weighted by molar-refractivity contribution is 0.0538. The van der Waals surface area contributed by atoms with E-state index in [4.69, 9.17) is 4.74 Å². The van der Waals surface area contributed by atoms with Crippen molar-refractivity contribution in [1.82, 2.24) is 4.57 Å². The number of aromatic nitrogens is 1. The van der Waals surface area contributed by atoms with Crippen LogP contribution in [0.1, 0.15) is 20.8 Å². The number of carbonyl (C=O) groups excluding carboxylic acids is 1. The Bertz CT molecular complexity index is 487. The molecule has 0 saturated heterocycles. The second-order valence-electron chi connectivity index (χ2n) is 4.77. The van der Waals surface area contributed by atoms with Gasteiger partial charge in [0.2, 0.25) is 0 Å². The van der Waals surface area contributed by atoms with Crippen LogP contribution >= 0.6 is 0 Å². The van der Waals surface area contributed by atoms with Crippen molar-refractivity contribution in [3.8, 4) is 0 Å². The Morgan fingerprint density at radius 1 is 1.12 bits per heavy atom. The molecule has 1 heterocycles. The number of hydrogen-bond donors (Lipinski definition) is 0. The summed E-state index contributed by atoms with van der Waals surface area (Å²) in [5.41, 5.74) is -0.465. The highest BCUT2D eigenvalue weighted by molar-refractivity contribution is 5.86. The molecule has 0 bridgehead atoms. The van der Waals surface area contributed by atoms with Crippen LogP contribution in [0.15, 0.2) is 36.7 Å². The van der Waals surface area contributed by atoms with Crippen LogP contribution in [0.4, 0.5) is 4.79 Å². The van der Waals surface area contributed by atoms with Crippen LogP contribution in [0.25, 0.3) is 10.8 Å². The van der Waals surface area contributed by atoms with Gasteiger partial charge in [0.25, 0.3) is 0 Å². The van der Waals surface area contributed by atoms with Crippen LogP contribution < -0.4 is 0 Å². The van der Waals surface area contributed by atoms with Crippen molar-refractivity contribution in [1.29, 1.82) is 0 Å². The summed E-state index contributed by atoms with van der Waals surface area (Å²) in [7, 11) is 0. The maximum atomic E-state index is 11.8. The molecule has 1 aromatic carbocycles. The van der Waals surface area contributed by atoms with Crippen molar-refractivity contribution < 1.29 is 9.53 Å². The number of nitrogens with zero attached hydrogens (tertiary/aromatic N) is 1. The lowest BCUT2D eigenvalue weighted by Crippen LogP contribution is -2.26. The van der Waals surface area contributed by atoms with Gasteiger partial charge in [0.05, 0.1) is 0 Å². The molecule has 0 aliphatic carbocycles. The van der Waals surface area contributed by atoms with Crippen LogP contribution in [-0.2, 0) is 4.74 Å². The maximum Gasteiger partial charge on any atom is 0.418 e. The van der Waals surface area contributed by atoms with E-state index in [1.165, 1.54) is 4.57 Å². The Morgan fingerprint density at radius 3 is 2.06 bits per heavy atom. The number of benzene rings is 1. The highest BCUT2D eigenvalue weighted by atomic mass is 16.6. The summed E-state index contributed by atoms with van der Waals surface area (Å²) in [6, 6.07) is 7.83. The minimum absolute atomic E-state index is 0.344. The molecule has 2 aromatic rings. The molecule has 0 amide bonds. The predicted octanol–water partition coefficient (Wildman–Crippen LogP) is 3.42. The summed E-state index contributed by atoms with van der Waals surface area (Å²) in [5, 5.41) is 2.07. The van der Waals surface area contributed by atoms with Crippen molar-refractivity contribution in [2.45, 2.75) is 26.4 Å². The second-order valence-corrected chi connectivity index (χ2v) is 4.77. The van der Waals surface area contributed by atoms with Crippen LogP contribution in [0, 0.1) is 0 Å². The van der Waals surface area contributed by atoms with Gasteiger partial charge in [-0.2, -0.15) is 0 Å². The predicted molar refractivity (Wildman–Crippen MR) is 63.6 cm³/mol. The Hall–Kier alpha value is -1.77. The molecular formula is C13H15NO2. The minimum Gasteiger partial charge on any atom is -0.443 e. The zero-order valence-electron chi connectivity index (χ0n) is 9.73. The molecule has 84 valence electrons. The minimum atomic E-state index is -0.465. The van der Waals surface area contributed by atoms with E-state index in [9.17, 15) is 4.79 Å². The first-order valence-electron chi connectivity index (χ1n) is 5.26. The molecule has 0 radical (unpaired) electrons. The molecule has 0 N–H and O–H groups in total. The van der Waals surface area contributed by atoms with Crippen molar-refractivity contribution in [3.05, 3.63) is 36.7 Å². The van der Waals surface area contributed by atoms with Gasteiger partial charge in [-0.25, -0.2) is 4.79 Å². The molecule has 0 aliphatic rings. The average Bonchev–Trinajstić information content (AvgIpc) is 2.58. The van der Waals surface area contributed by atoms with E-state index in [-0.39, 0.29) is 6.09 Å². The molecule has 0 unspecified atom stereocenters. The third kappa shape index (κ3) is 2.24. The molecule has 0 saturated carbocycles. The number of ether oxygens (including phenoxy) is 1. The average molecular weight is 217 g/mol. The van der Waals surface area contributed by atoms with Crippen LogP contribution in [0.5, 0.6) is 0 Å². The quantitative estimate of drug-likeness (QED) is 0.677. The van der Waals surface area contributed by atoms with Gasteiger partial charge in [-0.3, -0.25) is 4.57 Å². The number of fused-ring (bicyclic) bond motifs is 1. The Balaban J connectivity index is 2.30. The molecule has 2 rings (SSSR count). The summed E-state index contributed by atoms with van der Waals surface area (Å²) in [5.74, 6) is 0. The highest BCUT2D eigenvalue weighted by Gasteiger charge is 2.17. The van der Waals surface area contributed by atoms with Crippen molar-refractivity contribution in [3.63, 3.8) is 0 Å². The number of carbonyl (C=O) groups is 1. The topological polar surface area (TPSA) is 31.2 Å². The summed E-state index contributed by atoms with van der Waals surface area (Å²) >= 11 is 0.